The monoisotopic (exact) mass is 238 g/mol. The molecule has 2 aromatic heterocycles. The maximum absolute atomic E-state index is 10.6. The van der Waals surface area contributed by atoms with Crippen LogP contribution in [0, 0.1) is 0 Å². The number of fused-ring (bicyclic) bond motifs is 1. The van der Waals surface area contributed by atoms with E-state index >= 15 is 0 Å². The van der Waals surface area contributed by atoms with Crippen molar-refractivity contribution in [2.75, 3.05) is 0 Å². The highest BCUT2D eigenvalue weighted by molar-refractivity contribution is 6.29. The predicted molar refractivity (Wildman–Crippen MR) is 60.9 cm³/mol. The Balaban J connectivity index is 2.38. The van der Waals surface area contributed by atoms with Crippen LogP contribution in [0.1, 0.15) is 24.8 Å². The summed E-state index contributed by atoms with van der Waals surface area (Å²) in [5, 5.41) is 9.26. The van der Waals surface area contributed by atoms with Crippen LogP contribution in [0.15, 0.2) is 24.5 Å². The van der Waals surface area contributed by atoms with Gasteiger partial charge in [-0.1, -0.05) is 24.6 Å². The van der Waals surface area contributed by atoms with Gasteiger partial charge in [-0.15, -0.1) is 0 Å². The minimum absolute atomic E-state index is 0.0413. The van der Waals surface area contributed by atoms with Gasteiger partial charge in [-0.2, -0.15) is 0 Å². The van der Waals surface area contributed by atoms with E-state index in [1.54, 1.807) is 10.6 Å². The Morgan fingerprint density at radius 2 is 2.38 bits per heavy atom. The Bertz CT molecular complexity index is 536. The van der Waals surface area contributed by atoms with Crippen LogP contribution in [-0.4, -0.2) is 20.5 Å². The Morgan fingerprint density at radius 1 is 1.62 bits per heavy atom. The molecule has 1 atom stereocenters. The number of imidazole rings is 1. The minimum Gasteiger partial charge on any atom is -0.481 e. The molecule has 0 aliphatic carbocycles. The normalized spacial score (nSPS) is 12.9. The van der Waals surface area contributed by atoms with Gasteiger partial charge in [-0.05, 0) is 17.5 Å². The van der Waals surface area contributed by atoms with Gasteiger partial charge in [0, 0.05) is 6.20 Å². The van der Waals surface area contributed by atoms with Crippen LogP contribution in [0.3, 0.4) is 0 Å². The summed E-state index contributed by atoms with van der Waals surface area (Å²) >= 11 is 5.94. The van der Waals surface area contributed by atoms with Crippen molar-refractivity contribution in [2.24, 2.45) is 0 Å². The van der Waals surface area contributed by atoms with Gasteiger partial charge in [0.25, 0.3) is 0 Å². The Labute approximate surface area is 97.5 Å². The molecular weight excluding hydrogens is 228 g/mol. The summed E-state index contributed by atoms with van der Waals surface area (Å²) in [5.74, 6) is -0.843. The second-order valence-electron chi connectivity index (χ2n) is 3.77. The molecule has 5 heteroatoms. The molecule has 2 rings (SSSR count). The minimum atomic E-state index is -0.802. The summed E-state index contributed by atoms with van der Waals surface area (Å²) in [6.45, 7) is 1.88. The molecule has 16 heavy (non-hydrogen) atoms. The van der Waals surface area contributed by atoms with Crippen molar-refractivity contribution in [1.82, 2.24) is 9.38 Å². The second-order valence-corrected chi connectivity index (χ2v) is 4.16. The van der Waals surface area contributed by atoms with E-state index in [0.29, 0.717) is 5.15 Å². The van der Waals surface area contributed by atoms with Crippen LogP contribution in [0.4, 0.5) is 0 Å². The van der Waals surface area contributed by atoms with E-state index in [4.69, 9.17) is 16.7 Å². The Morgan fingerprint density at radius 3 is 3.06 bits per heavy atom. The SMILES string of the molecule is CC(CC(=O)O)c1ccc2ncc(Cl)n2c1. The molecule has 0 aromatic carbocycles. The molecule has 1 N–H and O–H groups in total. The van der Waals surface area contributed by atoms with Crippen molar-refractivity contribution in [3.05, 3.63) is 35.2 Å². The third-order valence-corrected chi connectivity index (χ3v) is 2.81. The summed E-state index contributed by atoms with van der Waals surface area (Å²) < 4.78 is 1.75. The standard InChI is InChI=1S/C11H11ClN2O2/c1-7(4-11(15)16)8-2-3-10-13-5-9(12)14(10)6-8/h2-3,5-7H,4H2,1H3,(H,15,16). The van der Waals surface area contributed by atoms with E-state index in [0.717, 1.165) is 11.2 Å². The van der Waals surface area contributed by atoms with E-state index < -0.39 is 5.97 Å². The lowest BCUT2D eigenvalue weighted by molar-refractivity contribution is -0.137. The van der Waals surface area contributed by atoms with Gasteiger partial charge < -0.3 is 5.11 Å². The maximum atomic E-state index is 10.6. The first-order valence-corrected chi connectivity index (χ1v) is 5.30. The predicted octanol–water partition coefficient (Wildman–Crippen LogP) is 2.57. The highest BCUT2D eigenvalue weighted by atomic mass is 35.5. The first kappa shape index (κ1) is 11.0. The number of nitrogens with zero attached hydrogens (tertiary/aromatic N) is 2. The number of hydrogen-bond acceptors (Lipinski definition) is 2. The van der Waals surface area contributed by atoms with Gasteiger partial charge in [0.1, 0.15) is 10.8 Å². The summed E-state index contributed by atoms with van der Waals surface area (Å²) in [6, 6.07) is 3.71. The topological polar surface area (TPSA) is 54.6 Å². The number of carboxylic acid groups (broad SMARTS) is 1. The van der Waals surface area contributed by atoms with Crippen molar-refractivity contribution >= 4 is 23.2 Å². The molecule has 4 nitrogen and oxygen atoms in total. The van der Waals surface area contributed by atoms with Crippen LogP contribution in [0.5, 0.6) is 0 Å². The van der Waals surface area contributed by atoms with Crippen molar-refractivity contribution in [3.63, 3.8) is 0 Å². The van der Waals surface area contributed by atoms with E-state index in [2.05, 4.69) is 4.98 Å². The Kier molecular flexibility index (Phi) is 2.83. The molecule has 0 amide bonds. The fraction of sp³-hybridized carbons (Fsp3) is 0.273. The number of aromatic nitrogens is 2. The molecule has 0 aliphatic rings. The summed E-state index contributed by atoms with van der Waals surface area (Å²) in [7, 11) is 0. The molecule has 1 unspecified atom stereocenters. The fourth-order valence-corrected chi connectivity index (χ4v) is 1.82. The smallest absolute Gasteiger partial charge is 0.303 e. The number of carbonyl (C=O) groups is 1. The van der Waals surface area contributed by atoms with E-state index in [1.807, 2.05) is 25.3 Å². The summed E-state index contributed by atoms with van der Waals surface area (Å²) in [4.78, 5) is 14.7. The molecule has 0 saturated heterocycles. The summed E-state index contributed by atoms with van der Waals surface area (Å²) in [6.07, 6.45) is 3.51. The number of halogens is 1. The van der Waals surface area contributed by atoms with Crippen LogP contribution in [-0.2, 0) is 4.79 Å². The Hall–Kier alpha value is -1.55. The molecule has 0 bridgehead atoms. The van der Waals surface area contributed by atoms with Gasteiger partial charge in [0.2, 0.25) is 0 Å². The highest BCUT2D eigenvalue weighted by Crippen LogP contribution is 2.21. The zero-order valence-corrected chi connectivity index (χ0v) is 9.48. The van der Waals surface area contributed by atoms with Gasteiger partial charge in [-0.3, -0.25) is 9.20 Å². The van der Waals surface area contributed by atoms with Crippen molar-refractivity contribution in [2.45, 2.75) is 19.3 Å². The van der Waals surface area contributed by atoms with Gasteiger partial charge >= 0.3 is 5.97 Å². The van der Waals surface area contributed by atoms with Crippen LogP contribution in [0.2, 0.25) is 5.15 Å². The number of rotatable bonds is 3. The lowest BCUT2D eigenvalue weighted by Gasteiger charge is -2.09. The zero-order chi connectivity index (χ0) is 11.7. The number of pyridine rings is 1. The molecule has 2 heterocycles. The van der Waals surface area contributed by atoms with Crippen LogP contribution in [0.25, 0.3) is 5.65 Å². The molecule has 0 aliphatic heterocycles. The fourth-order valence-electron chi connectivity index (χ4n) is 1.64. The third-order valence-electron chi connectivity index (χ3n) is 2.53. The quantitative estimate of drug-likeness (QED) is 0.894. The number of aliphatic carboxylic acids is 1. The lowest BCUT2D eigenvalue weighted by Crippen LogP contribution is -2.03. The van der Waals surface area contributed by atoms with E-state index in [1.165, 1.54) is 0 Å². The molecule has 0 spiro atoms. The van der Waals surface area contributed by atoms with Gasteiger partial charge in [0.15, 0.2) is 0 Å². The lowest BCUT2D eigenvalue weighted by atomic mass is 10.00. The van der Waals surface area contributed by atoms with E-state index in [-0.39, 0.29) is 12.3 Å². The molecule has 84 valence electrons. The first-order chi connectivity index (χ1) is 7.58. The first-order valence-electron chi connectivity index (χ1n) is 4.92. The number of carboxylic acids is 1. The average molecular weight is 239 g/mol. The second kappa shape index (κ2) is 4.14. The molecule has 0 saturated carbocycles. The van der Waals surface area contributed by atoms with Crippen molar-refractivity contribution in [3.8, 4) is 0 Å². The van der Waals surface area contributed by atoms with Gasteiger partial charge in [0.05, 0.1) is 12.6 Å². The highest BCUT2D eigenvalue weighted by Gasteiger charge is 2.11. The third kappa shape index (κ3) is 2.02. The van der Waals surface area contributed by atoms with Crippen molar-refractivity contribution < 1.29 is 9.90 Å². The number of hydrogen-bond donors (Lipinski definition) is 1. The largest absolute Gasteiger partial charge is 0.481 e. The average Bonchev–Trinajstić information content (AvgIpc) is 2.59. The molecule has 0 fully saturated rings. The zero-order valence-electron chi connectivity index (χ0n) is 8.72. The molecule has 0 radical (unpaired) electrons. The maximum Gasteiger partial charge on any atom is 0.303 e. The van der Waals surface area contributed by atoms with E-state index in [9.17, 15) is 4.79 Å². The van der Waals surface area contributed by atoms with Crippen LogP contribution >= 0.6 is 11.6 Å². The van der Waals surface area contributed by atoms with Crippen LogP contribution < -0.4 is 0 Å². The van der Waals surface area contributed by atoms with Gasteiger partial charge in [-0.25, -0.2) is 4.98 Å². The van der Waals surface area contributed by atoms with Crippen molar-refractivity contribution in [1.29, 1.82) is 0 Å². The summed E-state index contributed by atoms with van der Waals surface area (Å²) in [5.41, 5.74) is 1.70. The molecule has 2 aromatic rings. The molecular formula is C11H11ClN2O2.